The first-order valence-electron chi connectivity index (χ1n) is 8.79. The maximum atomic E-state index is 12.7. The van der Waals surface area contributed by atoms with Crippen LogP contribution in [-0.2, 0) is 19.6 Å². The maximum Gasteiger partial charge on any atom is 0.338 e. The number of amides is 1. The Hall–Kier alpha value is -3.27. The van der Waals surface area contributed by atoms with Crippen molar-refractivity contribution >= 4 is 33.3 Å². The molecule has 0 saturated carbocycles. The van der Waals surface area contributed by atoms with Crippen LogP contribution in [0.5, 0.6) is 11.5 Å². The number of nitrogens with zero attached hydrogens (tertiary/aromatic N) is 1. The molecule has 0 aliphatic carbocycles. The first-order valence-corrected chi connectivity index (χ1v) is 10.6. The van der Waals surface area contributed by atoms with E-state index in [-0.39, 0.29) is 11.4 Å². The van der Waals surface area contributed by atoms with Crippen molar-refractivity contribution in [1.82, 2.24) is 0 Å². The average Bonchev–Trinajstić information content (AvgIpc) is 2.71. The summed E-state index contributed by atoms with van der Waals surface area (Å²) in [5.41, 5.74) is 1.33. The minimum atomic E-state index is -3.84. The molecular weight excluding hydrogens is 412 g/mol. The number of hydrogen-bond acceptors (Lipinski definition) is 7. The molecular formula is C20H24N2O7S. The molecule has 0 radical (unpaired) electrons. The van der Waals surface area contributed by atoms with E-state index in [0.29, 0.717) is 22.6 Å². The van der Waals surface area contributed by atoms with Crippen LogP contribution < -0.4 is 19.1 Å². The molecule has 10 heteroatoms. The average molecular weight is 436 g/mol. The molecule has 0 heterocycles. The molecule has 0 saturated heterocycles. The number of methoxy groups -OCH3 is 3. The van der Waals surface area contributed by atoms with Gasteiger partial charge in [-0.15, -0.1) is 0 Å². The van der Waals surface area contributed by atoms with E-state index in [1.54, 1.807) is 37.3 Å². The van der Waals surface area contributed by atoms with Gasteiger partial charge in [0.15, 0.2) is 0 Å². The smallest absolute Gasteiger partial charge is 0.338 e. The fourth-order valence-electron chi connectivity index (χ4n) is 2.80. The minimum absolute atomic E-state index is 0.162. The zero-order valence-electron chi connectivity index (χ0n) is 17.4. The third-order valence-electron chi connectivity index (χ3n) is 4.36. The highest BCUT2D eigenvalue weighted by Gasteiger charge is 2.25. The summed E-state index contributed by atoms with van der Waals surface area (Å²) in [6.45, 7) is 1.14. The summed E-state index contributed by atoms with van der Waals surface area (Å²) in [4.78, 5) is 24.5. The number of hydrogen-bond donors (Lipinski definition) is 1. The number of benzene rings is 2. The molecule has 2 aromatic carbocycles. The second kappa shape index (κ2) is 9.49. The van der Waals surface area contributed by atoms with Gasteiger partial charge < -0.3 is 19.5 Å². The van der Waals surface area contributed by atoms with Gasteiger partial charge >= 0.3 is 5.97 Å². The quantitative estimate of drug-likeness (QED) is 0.632. The molecule has 0 fully saturated rings. The molecule has 1 N–H and O–H groups in total. The Labute approximate surface area is 175 Å². The molecule has 1 amide bonds. The summed E-state index contributed by atoms with van der Waals surface area (Å²) in [6, 6.07) is 9.40. The SMILES string of the molecule is COC(=O)c1cccc(NC(=O)CN(c2cc(OC)ccc2OC)S(C)(=O)=O)c1C. The van der Waals surface area contributed by atoms with E-state index < -0.39 is 28.4 Å². The van der Waals surface area contributed by atoms with Crippen molar-refractivity contribution in [1.29, 1.82) is 0 Å². The van der Waals surface area contributed by atoms with Gasteiger partial charge in [-0.3, -0.25) is 9.10 Å². The second-order valence-corrected chi connectivity index (χ2v) is 8.23. The fraction of sp³-hybridized carbons (Fsp3) is 0.300. The number of ether oxygens (including phenoxy) is 3. The topological polar surface area (TPSA) is 111 Å². The lowest BCUT2D eigenvalue weighted by Gasteiger charge is -2.24. The van der Waals surface area contributed by atoms with Crippen molar-refractivity contribution in [2.24, 2.45) is 0 Å². The molecule has 0 aliphatic heterocycles. The lowest BCUT2D eigenvalue weighted by atomic mass is 10.1. The highest BCUT2D eigenvalue weighted by atomic mass is 32.2. The molecule has 0 aliphatic rings. The number of sulfonamides is 1. The van der Waals surface area contributed by atoms with Gasteiger partial charge in [0, 0.05) is 11.8 Å². The van der Waals surface area contributed by atoms with Crippen LogP contribution in [0.4, 0.5) is 11.4 Å². The first-order chi connectivity index (χ1) is 14.1. The Morgan fingerprint density at radius 3 is 2.33 bits per heavy atom. The van der Waals surface area contributed by atoms with E-state index in [9.17, 15) is 18.0 Å². The van der Waals surface area contributed by atoms with E-state index in [0.717, 1.165) is 10.6 Å². The van der Waals surface area contributed by atoms with Gasteiger partial charge in [-0.1, -0.05) is 6.07 Å². The number of rotatable bonds is 8. The molecule has 0 atom stereocenters. The molecule has 2 aromatic rings. The van der Waals surface area contributed by atoms with Crippen molar-refractivity contribution in [3.63, 3.8) is 0 Å². The van der Waals surface area contributed by atoms with Gasteiger partial charge in [0.25, 0.3) is 0 Å². The summed E-state index contributed by atoms with van der Waals surface area (Å²) in [5, 5.41) is 2.64. The molecule has 0 spiro atoms. The highest BCUT2D eigenvalue weighted by molar-refractivity contribution is 7.92. The van der Waals surface area contributed by atoms with Crippen molar-refractivity contribution in [3.05, 3.63) is 47.5 Å². The molecule has 0 bridgehead atoms. The van der Waals surface area contributed by atoms with Crippen LogP contribution in [0.15, 0.2) is 36.4 Å². The van der Waals surface area contributed by atoms with Gasteiger partial charge in [-0.25, -0.2) is 13.2 Å². The van der Waals surface area contributed by atoms with Gasteiger partial charge in [0.1, 0.15) is 18.0 Å². The lowest BCUT2D eigenvalue weighted by molar-refractivity contribution is -0.114. The van der Waals surface area contributed by atoms with Gasteiger partial charge in [0.2, 0.25) is 15.9 Å². The largest absolute Gasteiger partial charge is 0.497 e. The Morgan fingerprint density at radius 1 is 1.07 bits per heavy atom. The maximum absolute atomic E-state index is 12.7. The number of carbonyl (C=O) groups is 2. The Bertz CT molecular complexity index is 1050. The summed E-state index contributed by atoms with van der Waals surface area (Å²) < 4.78 is 40.9. The lowest BCUT2D eigenvalue weighted by Crippen LogP contribution is -2.37. The van der Waals surface area contributed by atoms with Crippen LogP contribution in [0.25, 0.3) is 0 Å². The molecule has 0 unspecified atom stereocenters. The minimum Gasteiger partial charge on any atom is -0.497 e. The normalized spacial score (nSPS) is 10.8. The van der Waals surface area contributed by atoms with Crippen LogP contribution in [0.3, 0.4) is 0 Å². The molecule has 30 heavy (non-hydrogen) atoms. The first kappa shape index (κ1) is 23.0. The van der Waals surface area contributed by atoms with E-state index in [1.165, 1.54) is 27.4 Å². The van der Waals surface area contributed by atoms with Gasteiger partial charge in [0.05, 0.1) is 38.8 Å². The predicted octanol–water partition coefficient (Wildman–Crippen LogP) is 2.20. The highest BCUT2D eigenvalue weighted by Crippen LogP contribution is 2.33. The number of anilines is 2. The standard InChI is InChI=1S/C20H24N2O7S/c1-13-15(20(24)29-4)7-6-8-16(13)21-19(23)12-22(30(5,25)26)17-11-14(27-2)9-10-18(17)28-3/h6-11H,12H2,1-5H3,(H,21,23). The van der Waals surface area contributed by atoms with Crippen molar-refractivity contribution < 1.29 is 32.2 Å². The van der Waals surface area contributed by atoms with Crippen molar-refractivity contribution in [2.45, 2.75) is 6.92 Å². The van der Waals surface area contributed by atoms with E-state index >= 15 is 0 Å². The summed E-state index contributed by atoms with van der Waals surface area (Å²) >= 11 is 0. The summed E-state index contributed by atoms with van der Waals surface area (Å²) in [7, 11) is 0.268. The van der Waals surface area contributed by atoms with E-state index in [1.807, 2.05) is 0 Å². The molecule has 2 rings (SSSR count). The summed E-state index contributed by atoms with van der Waals surface area (Å²) in [5.74, 6) is -0.475. The second-order valence-electron chi connectivity index (χ2n) is 6.33. The zero-order chi connectivity index (χ0) is 22.5. The van der Waals surface area contributed by atoms with Crippen LogP contribution in [0.2, 0.25) is 0 Å². The van der Waals surface area contributed by atoms with E-state index in [2.05, 4.69) is 5.32 Å². The van der Waals surface area contributed by atoms with Crippen molar-refractivity contribution in [3.8, 4) is 11.5 Å². The Morgan fingerprint density at radius 2 is 1.77 bits per heavy atom. The van der Waals surface area contributed by atoms with E-state index in [4.69, 9.17) is 14.2 Å². The fourth-order valence-corrected chi connectivity index (χ4v) is 3.65. The number of esters is 1. The third kappa shape index (κ3) is 5.20. The zero-order valence-corrected chi connectivity index (χ0v) is 18.2. The molecule has 0 aromatic heterocycles. The van der Waals surface area contributed by atoms with Crippen LogP contribution >= 0.6 is 0 Å². The molecule has 9 nitrogen and oxygen atoms in total. The van der Waals surface area contributed by atoms with Gasteiger partial charge in [-0.2, -0.15) is 0 Å². The number of carbonyl (C=O) groups excluding carboxylic acids is 2. The van der Waals surface area contributed by atoms with Crippen LogP contribution in [-0.4, -0.2) is 54.4 Å². The summed E-state index contributed by atoms with van der Waals surface area (Å²) in [6.07, 6.45) is 0.988. The molecule has 162 valence electrons. The Balaban J connectivity index is 2.36. The van der Waals surface area contributed by atoms with Crippen LogP contribution in [0, 0.1) is 6.92 Å². The van der Waals surface area contributed by atoms with Crippen molar-refractivity contribution in [2.75, 3.05) is 43.8 Å². The van der Waals surface area contributed by atoms with Crippen LogP contribution in [0.1, 0.15) is 15.9 Å². The predicted molar refractivity (Wildman–Crippen MR) is 113 cm³/mol. The third-order valence-corrected chi connectivity index (χ3v) is 5.48. The Kier molecular flexibility index (Phi) is 7.28. The van der Waals surface area contributed by atoms with Gasteiger partial charge in [-0.05, 0) is 36.8 Å². The monoisotopic (exact) mass is 436 g/mol. The number of nitrogens with one attached hydrogen (secondary N) is 1.